The monoisotopic (exact) mass is 304 g/mol. The van der Waals surface area contributed by atoms with Crippen molar-refractivity contribution in [1.29, 1.82) is 0 Å². The molecule has 0 unspecified atom stereocenters. The Bertz CT molecular complexity index is 728. The Kier molecular flexibility index (Phi) is 4.72. The van der Waals surface area contributed by atoms with Crippen LogP contribution in [0.15, 0.2) is 59.5 Å². The first-order chi connectivity index (χ1) is 10.0. The number of hydrazine groups is 1. The Morgan fingerprint density at radius 2 is 1.62 bits per heavy atom. The topological polar surface area (TPSA) is 89.3 Å². The molecule has 2 rings (SSSR count). The summed E-state index contributed by atoms with van der Waals surface area (Å²) in [6, 6.07) is 15.4. The van der Waals surface area contributed by atoms with Crippen LogP contribution in [0, 0.1) is 0 Å². The first-order valence-corrected chi connectivity index (χ1v) is 8.02. The summed E-state index contributed by atoms with van der Waals surface area (Å²) in [4.78, 5) is 11.6. The van der Waals surface area contributed by atoms with E-state index in [0.717, 1.165) is 0 Å². The molecule has 1 amide bonds. The van der Waals surface area contributed by atoms with E-state index in [1.54, 1.807) is 42.5 Å². The number of sulfone groups is 1. The fourth-order valence-electron chi connectivity index (χ4n) is 2.05. The van der Waals surface area contributed by atoms with Crippen LogP contribution in [0.4, 0.5) is 0 Å². The Labute approximate surface area is 123 Å². The van der Waals surface area contributed by atoms with Crippen molar-refractivity contribution < 1.29 is 13.2 Å². The maximum Gasteiger partial charge on any atom is 0.238 e. The van der Waals surface area contributed by atoms with Crippen LogP contribution in [0.5, 0.6) is 0 Å². The van der Waals surface area contributed by atoms with Gasteiger partial charge in [0.05, 0.1) is 17.1 Å². The number of carbonyl (C=O) groups is 1. The van der Waals surface area contributed by atoms with Gasteiger partial charge in [-0.2, -0.15) is 0 Å². The van der Waals surface area contributed by atoms with Crippen molar-refractivity contribution >= 4 is 15.7 Å². The molecule has 0 radical (unpaired) electrons. The first-order valence-electron chi connectivity index (χ1n) is 6.37. The van der Waals surface area contributed by atoms with Gasteiger partial charge < -0.3 is 0 Å². The van der Waals surface area contributed by atoms with E-state index in [4.69, 9.17) is 5.84 Å². The van der Waals surface area contributed by atoms with E-state index in [0.29, 0.717) is 11.1 Å². The quantitative estimate of drug-likeness (QED) is 0.493. The Morgan fingerprint density at radius 3 is 2.29 bits per heavy atom. The van der Waals surface area contributed by atoms with Gasteiger partial charge in [-0.05, 0) is 17.2 Å². The highest BCUT2D eigenvalue weighted by Gasteiger charge is 2.20. The summed E-state index contributed by atoms with van der Waals surface area (Å²) < 4.78 is 25.1. The van der Waals surface area contributed by atoms with Gasteiger partial charge in [0.2, 0.25) is 5.91 Å². The Morgan fingerprint density at radius 1 is 1.00 bits per heavy atom. The smallest absolute Gasteiger partial charge is 0.238 e. The second kappa shape index (κ2) is 6.51. The zero-order valence-corrected chi connectivity index (χ0v) is 12.1. The molecule has 0 saturated heterocycles. The standard InChI is InChI=1S/C15H16N2O3S/c16-17-15(18)10-13-8-4-5-9-14(13)21(19,20)11-12-6-2-1-3-7-12/h1-9H,10-11,16H2,(H,17,18). The highest BCUT2D eigenvalue weighted by molar-refractivity contribution is 7.90. The second-order valence-electron chi connectivity index (χ2n) is 4.60. The molecule has 0 atom stereocenters. The molecule has 21 heavy (non-hydrogen) atoms. The average Bonchev–Trinajstić information content (AvgIpc) is 2.48. The maximum absolute atomic E-state index is 12.5. The van der Waals surface area contributed by atoms with Crippen molar-refractivity contribution in [2.45, 2.75) is 17.1 Å². The molecule has 0 saturated carbocycles. The summed E-state index contributed by atoms with van der Waals surface area (Å²) in [5, 5.41) is 0. The van der Waals surface area contributed by atoms with Crippen LogP contribution in [0.25, 0.3) is 0 Å². The average molecular weight is 304 g/mol. The molecule has 0 aliphatic carbocycles. The molecule has 0 aromatic heterocycles. The molecule has 0 heterocycles. The lowest BCUT2D eigenvalue weighted by Crippen LogP contribution is -2.31. The third kappa shape index (κ3) is 3.90. The molecule has 6 heteroatoms. The summed E-state index contributed by atoms with van der Waals surface area (Å²) in [5.74, 6) is 4.52. The lowest BCUT2D eigenvalue weighted by atomic mass is 10.1. The van der Waals surface area contributed by atoms with Crippen LogP contribution in [-0.4, -0.2) is 14.3 Å². The molecule has 110 valence electrons. The Balaban J connectivity index is 2.34. The number of carbonyl (C=O) groups excluding carboxylic acids is 1. The molecule has 0 aliphatic heterocycles. The van der Waals surface area contributed by atoms with Crippen LogP contribution >= 0.6 is 0 Å². The van der Waals surface area contributed by atoms with Gasteiger partial charge in [0.1, 0.15) is 0 Å². The minimum atomic E-state index is -3.52. The number of benzene rings is 2. The van der Waals surface area contributed by atoms with Gasteiger partial charge in [0.15, 0.2) is 9.84 Å². The van der Waals surface area contributed by atoms with Crippen molar-refractivity contribution in [2.75, 3.05) is 0 Å². The van der Waals surface area contributed by atoms with Crippen molar-refractivity contribution in [1.82, 2.24) is 5.43 Å². The first kappa shape index (κ1) is 15.2. The molecular weight excluding hydrogens is 288 g/mol. The fourth-order valence-corrected chi connectivity index (χ4v) is 3.66. The van der Waals surface area contributed by atoms with Gasteiger partial charge in [-0.15, -0.1) is 0 Å². The molecule has 0 aliphatic rings. The van der Waals surface area contributed by atoms with E-state index in [1.165, 1.54) is 6.07 Å². The van der Waals surface area contributed by atoms with Crippen molar-refractivity contribution in [3.63, 3.8) is 0 Å². The molecule has 3 N–H and O–H groups in total. The molecule has 2 aromatic rings. The normalized spacial score (nSPS) is 11.1. The van der Waals surface area contributed by atoms with Crippen molar-refractivity contribution in [2.24, 2.45) is 5.84 Å². The van der Waals surface area contributed by atoms with E-state index in [2.05, 4.69) is 0 Å². The van der Waals surface area contributed by atoms with Crippen LogP contribution in [0.1, 0.15) is 11.1 Å². The zero-order valence-electron chi connectivity index (χ0n) is 11.3. The lowest BCUT2D eigenvalue weighted by molar-refractivity contribution is -0.120. The molecule has 5 nitrogen and oxygen atoms in total. The summed E-state index contributed by atoms with van der Waals surface area (Å²) in [6.07, 6.45) is -0.0688. The maximum atomic E-state index is 12.5. The summed E-state index contributed by atoms with van der Waals surface area (Å²) >= 11 is 0. The molecule has 2 aromatic carbocycles. The van der Waals surface area contributed by atoms with E-state index in [9.17, 15) is 13.2 Å². The van der Waals surface area contributed by atoms with Crippen LogP contribution < -0.4 is 11.3 Å². The van der Waals surface area contributed by atoms with Gasteiger partial charge in [0, 0.05) is 0 Å². The van der Waals surface area contributed by atoms with Crippen molar-refractivity contribution in [3.8, 4) is 0 Å². The van der Waals surface area contributed by atoms with Gasteiger partial charge in [-0.1, -0.05) is 48.5 Å². The van der Waals surface area contributed by atoms with Crippen LogP contribution in [0.3, 0.4) is 0 Å². The van der Waals surface area contributed by atoms with E-state index < -0.39 is 15.7 Å². The summed E-state index contributed by atoms with van der Waals surface area (Å²) in [6.45, 7) is 0. The number of hydrogen-bond acceptors (Lipinski definition) is 4. The van der Waals surface area contributed by atoms with Gasteiger partial charge in [-0.3, -0.25) is 10.2 Å². The molecule has 0 fully saturated rings. The minimum absolute atomic E-state index is 0.0688. The number of hydrogen-bond donors (Lipinski definition) is 2. The van der Waals surface area contributed by atoms with E-state index in [1.807, 2.05) is 11.5 Å². The predicted molar refractivity (Wildman–Crippen MR) is 79.8 cm³/mol. The summed E-state index contributed by atoms with van der Waals surface area (Å²) in [7, 11) is -3.52. The van der Waals surface area contributed by atoms with Crippen molar-refractivity contribution in [3.05, 3.63) is 65.7 Å². The predicted octanol–water partition coefficient (Wildman–Crippen LogP) is 1.19. The summed E-state index contributed by atoms with van der Waals surface area (Å²) in [5.41, 5.74) is 3.15. The van der Waals surface area contributed by atoms with Gasteiger partial charge in [0.25, 0.3) is 0 Å². The third-order valence-electron chi connectivity index (χ3n) is 3.02. The molecule has 0 spiro atoms. The SMILES string of the molecule is NNC(=O)Cc1ccccc1S(=O)(=O)Cc1ccccc1. The Hall–Kier alpha value is -2.18. The number of amides is 1. The largest absolute Gasteiger partial charge is 0.294 e. The highest BCUT2D eigenvalue weighted by atomic mass is 32.2. The molecular formula is C15H16N2O3S. The van der Waals surface area contributed by atoms with Gasteiger partial charge in [-0.25, -0.2) is 14.3 Å². The van der Waals surface area contributed by atoms with Crippen LogP contribution in [-0.2, 0) is 26.8 Å². The third-order valence-corrected chi connectivity index (χ3v) is 4.80. The number of rotatable bonds is 5. The number of nitrogens with one attached hydrogen (secondary N) is 1. The minimum Gasteiger partial charge on any atom is -0.294 e. The van der Waals surface area contributed by atoms with E-state index in [-0.39, 0.29) is 17.1 Å². The highest BCUT2D eigenvalue weighted by Crippen LogP contribution is 2.21. The van der Waals surface area contributed by atoms with Crippen LogP contribution in [0.2, 0.25) is 0 Å². The molecule has 0 bridgehead atoms. The zero-order chi connectivity index (χ0) is 15.3. The van der Waals surface area contributed by atoms with E-state index >= 15 is 0 Å². The lowest BCUT2D eigenvalue weighted by Gasteiger charge is -2.10. The van der Waals surface area contributed by atoms with Gasteiger partial charge >= 0.3 is 0 Å². The second-order valence-corrected chi connectivity index (χ2v) is 6.55. The fraction of sp³-hybridized carbons (Fsp3) is 0.133. The number of nitrogens with two attached hydrogens (primary N) is 1.